The lowest BCUT2D eigenvalue weighted by molar-refractivity contribution is 0.0977. The maximum Gasteiger partial charge on any atom is 0.257 e. The van der Waals surface area contributed by atoms with E-state index in [1.54, 1.807) is 19.2 Å². The lowest BCUT2D eigenvalue weighted by Crippen LogP contribution is -2.34. The maximum absolute atomic E-state index is 12.2. The summed E-state index contributed by atoms with van der Waals surface area (Å²) in [6, 6.07) is 24.4. The molecule has 0 unspecified atom stereocenters. The first-order valence-electron chi connectivity index (χ1n) is 8.09. The minimum Gasteiger partial charge on any atom is -0.496 e. The number of rotatable bonds is 4. The van der Waals surface area contributed by atoms with Gasteiger partial charge in [-0.2, -0.15) is 0 Å². The van der Waals surface area contributed by atoms with Gasteiger partial charge in [-0.15, -0.1) is 0 Å². The van der Waals surface area contributed by atoms with Gasteiger partial charge in [0, 0.05) is 22.4 Å². The average Bonchev–Trinajstić information content (AvgIpc) is 2.69. The van der Waals surface area contributed by atoms with E-state index in [0.717, 1.165) is 22.6 Å². The Morgan fingerprint density at radius 2 is 1.46 bits per heavy atom. The highest BCUT2D eigenvalue weighted by molar-refractivity contribution is 7.80. The Morgan fingerprint density at radius 3 is 2.19 bits per heavy atom. The third-order valence-corrected chi connectivity index (χ3v) is 4.04. The van der Waals surface area contributed by atoms with E-state index in [9.17, 15) is 4.79 Å². The Labute approximate surface area is 157 Å². The number of anilines is 1. The number of carbonyl (C=O) groups excluding carboxylic acids is 1. The second-order valence-corrected chi connectivity index (χ2v) is 5.93. The second-order valence-electron chi connectivity index (χ2n) is 5.52. The molecule has 0 aliphatic rings. The summed E-state index contributed by atoms with van der Waals surface area (Å²) in [5.41, 5.74) is 3.21. The molecule has 0 aromatic heterocycles. The fourth-order valence-electron chi connectivity index (χ4n) is 2.61. The van der Waals surface area contributed by atoms with Crippen LogP contribution in [0.2, 0.25) is 0 Å². The standard InChI is InChI=1S/C21H18N2O2S/c1-25-19-14-8-6-12-17(19)16-11-5-7-13-18(16)22-21(26)23-20(24)15-9-3-2-4-10-15/h2-14H,1H3,(H2,22,23,24,26). The molecule has 0 aliphatic heterocycles. The highest BCUT2D eigenvalue weighted by atomic mass is 32.1. The van der Waals surface area contributed by atoms with Crippen molar-refractivity contribution in [3.8, 4) is 16.9 Å². The zero-order valence-corrected chi connectivity index (χ0v) is 15.0. The number of methoxy groups -OCH3 is 1. The molecule has 3 rings (SSSR count). The molecule has 26 heavy (non-hydrogen) atoms. The van der Waals surface area contributed by atoms with Crippen LogP contribution in [-0.2, 0) is 0 Å². The Morgan fingerprint density at radius 1 is 0.846 bits per heavy atom. The zero-order chi connectivity index (χ0) is 18.4. The summed E-state index contributed by atoms with van der Waals surface area (Å²) < 4.78 is 5.45. The summed E-state index contributed by atoms with van der Waals surface area (Å²) in [6.45, 7) is 0. The first kappa shape index (κ1) is 17.6. The molecule has 0 aliphatic carbocycles. The van der Waals surface area contributed by atoms with Crippen LogP contribution in [0.5, 0.6) is 5.75 Å². The van der Waals surface area contributed by atoms with Gasteiger partial charge in [0.05, 0.1) is 7.11 Å². The summed E-state index contributed by atoms with van der Waals surface area (Å²) in [4.78, 5) is 12.2. The molecule has 0 fully saturated rings. The van der Waals surface area contributed by atoms with Gasteiger partial charge < -0.3 is 10.1 Å². The number of ether oxygens (including phenoxy) is 1. The fourth-order valence-corrected chi connectivity index (χ4v) is 2.82. The largest absolute Gasteiger partial charge is 0.496 e. The molecule has 3 aromatic carbocycles. The van der Waals surface area contributed by atoms with Gasteiger partial charge in [-0.25, -0.2) is 0 Å². The van der Waals surface area contributed by atoms with Crippen LogP contribution in [0.3, 0.4) is 0 Å². The molecule has 3 aromatic rings. The third kappa shape index (κ3) is 4.07. The van der Waals surface area contributed by atoms with Crippen LogP contribution in [0, 0.1) is 0 Å². The van der Waals surface area contributed by atoms with Crippen LogP contribution in [0.25, 0.3) is 11.1 Å². The van der Waals surface area contributed by atoms with Crippen LogP contribution in [0.1, 0.15) is 10.4 Å². The summed E-state index contributed by atoms with van der Waals surface area (Å²) in [5, 5.41) is 6.04. The molecule has 0 heterocycles. The minimum absolute atomic E-state index is 0.237. The molecule has 4 nitrogen and oxygen atoms in total. The van der Waals surface area contributed by atoms with Crippen LogP contribution < -0.4 is 15.4 Å². The smallest absolute Gasteiger partial charge is 0.257 e. The van der Waals surface area contributed by atoms with E-state index in [1.807, 2.05) is 66.7 Å². The summed E-state index contributed by atoms with van der Waals surface area (Å²) in [5.74, 6) is 0.513. The van der Waals surface area contributed by atoms with Gasteiger partial charge in [0.15, 0.2) is 5.11 Å². The highest BCUT2D eigenvalue weighted by Gasteiger charge is 2.12. The van der Waals surface area contributed by atoms with Crippen molar-refractivity contribution in [2.75, 3.05) is 12.4 Å². The van der Waals surface area contributed by atoms with Crippen molar-refractivity contribution in [1.82, 2.24) is 5.32 Å². The average molecular weight is 362 g/mol. The Hall–Kier alpha value is -3.18. The van der Waals surface area contributed by atoms with Gasteiger partial charge in [-0.1, -0.05) is 54.6 Å². The molecule has 0 saturated carbocycles. The number of carbonyl (C=O) groups is 1. The number of amides is 1. The maximum atomic E-state index is 12.2. The predicted molar refractivity (Wildman–Crippen MR) is 109 cm³/mol. The molecular weight excluding hydrogens is 344 g/mol. The molecule has 2 N–H and O–H groups in total. The molecule has 130 valence electrons. The van der Waals surface area contributed by atoms with Crippen molar-refractivity contribution in [3.63, 3.8) is 0 Å². The second kappa shape index (κ2) is 8.27. The Balaban J connectivity index is 1.80. The quantitative estimate of drug-likeness (QED) is 0.672. The molecule has 0 spiro atoms. The number of para-hydroxylation sites is 2. The van der Waals surface area contributed by atoms with Crippen molar-refractivity contribution in [3.05, 3.63) is 84.4 Å². The van der Waals surface area contributed by atoms with Crippen molar-refractivity contribution in [2.45, 2.75) is 0 Å². The van der Waals surface area contributed by atoms with Gasteiger partial charge in [-0.05, 0) is 36.5 Å². The van der Waals surface area contributed by atoms with Crippen LogP contribution >= 0.6 is 12.2 Å². The molecule has 0 bridgehead atoms. The number of nitrogens with one attached hydrogen (secondary N) is 2. The monoisotopic (exact) mass is 362 g/mol. The van der Waals surface area contributed by atoms with Gasteiger partial charge >= 0.3 is 0 Å². The van der Waals surface area contributed by atoms with Gasteiger partial charge in [-0.3, -0.25) is 10.1 Å². The van der Waals surface area contributed by atoms with Gasteiger partial charge in [0.1, 0.15) is 5.75 Å². The number of hydrogen-bond acceptors (Lipinski definition) is 3. The molecular formula is C21H18N2O2S. The number of benzene rings is 3. The molecule has 0 saturated heterocycles. The van der Waals surface area contributed by atoms with Crippen LogP contribution in [0.4, 0.5) is 5.69 Å². The Bertz CT molecular complexity index is 926. The van der Waals surface area contributed by atoms with E-state index in [0.29, 0.717) is 5.56 Å². The van der Waals surface area contributed by atoms with E-state index in [2.05, 4.69) is 10.6 Å². The minimum atomic E-state index is -0.252. The third-order valence-electron chi connectivity index (χ3n) is 3.84. The van der Waals surface area contributed by atoms with E-state index < -0.39 is 0 Å². The van der Waals surface area contributed by atoms with Crippen molar-refractivity contribution in [1.29, 1.82) is 0 Å². The molecule has 1 amide bonds. The lowest BCUT2D eigenvalue weighted by Gasteiger charge is -2.15. The summed E-state index contributed by atoms with van der Waals surface area (Å²) in [7, 11) is 1.64. The van der Waals surface area contributed by atoms with E-state index in [-0.39, 0.29) is 11.0 Å². The normalized spacial score (nSPS) is 10.0. The van der Waals surface area contributed by atoms with Crippen LogP contribution in [0.15, 0.2) is 78.9 Å². The first-order chi connectivity index (χ1) is 12.7. The highest BCUT2D eigenvalue weighted by Crippen LogP contribution is 2.34. The van der Waals surface area contributed by atoms with E-state index >= 15 is 0 Å². The molecule has 0 atom stereocenters. The summed E-state index contributed by atoms with van der Waals surface area (Å²) in [6.07, 6.45) is 0. The van der Waals surface area contributed by atoms with Gasteiger partial charge in [0.2, 0.25) is 0 Å². The van der Waals surface area contributed by atoms with Crippen molar-refractivity contribution < 1.29 is 9.53 Å². The number of hydrogen-bond donors (Lipinski definition) is 2. The van der Waals surface area contributed by atoms with E-state index in [4.69, 9.17) is 17.0 Å². The molecule has 0 radical (unpaired) electrons. The predicted octanol–water partition coefficient (Wildman–Crippen LogP) is 4.49. The molecule has 5 heteroatoms. The zero-order valence-electron chi connectivity index (χ0n) is 14.2. The Kier molecular flexibility index (Phi) is 5.61. The van der Waals surface area contributed by atoms with Crippen molar-refractivity contribution >= 4 is 28.9 Å². The lowest BCUT2D eigenvalue weighted by atomic mass is 10.0. The first-order valence-corrected chi connectivity index (χ1v) is 8.49. The summed E-state index contributed by atoms with van der Waals surface area (Å²) >= 11 is 5.31. The topological polar surface area (TPSA) is 50.4 Å². The number of thiocarbonyl (C=S) groups is 1. The van der Waals surface area contributed by atoms with Crippen LogP contribution in [-0.4, -0.2) is 18.1 Å². The fraction of sp³-hybridized carbons (Fsp3) is 0.0476. The van der Waals surface area contributed by atoms with Crippen molar-refractivity contribution in [2.24, 2.45) is 0 Å². The SMILES string of the molecule is COc1ccccc1-c1ccccc1NC(=S)NC(=O)c1ccccc1. The van der Waals surface area contributed by atoms with Gasteiger partial charge in [0.25, 0.3) is 5.91 Å². The van der Waals surface area contributed by atoms with E-state index in [1.165, 1.54) is 0 Å².